The van der Waals surface area contributed by atoms with Gasteiger partial charge in [-0.25, -0.2) is 4.98 Å². The number of aromatic nitrogens is 2. The summed E-state index contributed by atoms with van der Waals surface area (Å²) < 4.78 is 36.4. The average molecular weight is 838 g/mol. The Morgan fingerprint density at radius 1 is 0.415 bits per heavy atom. The third-order valence-electron chi connectivity index (χ3n) is 12.3. The summed E-state index contributed by atoms with van der Waals surface area (Å²) in [6.07, 6.45) is -0.0643. The molecule has 5 heteroatoms. The van der Waals surface area contributed by atoms with E-state index in [4.69, 9.17) is 11.1 Å². The molecule has 12 rings (SSSR count). The van der Waals surface area contributed by atoms with Crippen LogP contribution in [0.3, 0.4) is 0 Å². The highest BCUT2D eigenvalue weighted by molar-refractivity contribution is 6.09. The average Bonchev–Trinajstić information content (AvgIpc) is 3.94. The van der Waals surface area contributed by atoms with Gasteiger partial charge < -0.3 is 14.5 Å². The minimum Gasteiger partial charge on any atom is -0.457 e. The van der Waals surface area contributed by atoms with Crippen molar-refractivity contribution in [3.8, 4) is 61.8 Å². The van der Waals surface area contributed by atoms with Gasteiger partial charge in [-0.05, 0) is 82.4 Å². The Balaban J connectivity index is 0.900. The second kappa shape index (κ2) is 16.2. The van der Waals surface area contributed by atoms with Gasteiger partial charge in [-0.15, -0.1) is 0 Å². The lowest BCUT2D eigenvalue weighted by atomic mass is 9.95. The molecule has 0 N–H and O–H groups in total. The summed E-state index contributed by atoms with van der Waals surface area (Å²) >= 11 is 0. The normalized spacial score (nSPS) is 12.8. The van der Waals surface area contributed by atoms with Crippen molar-refractivity contribution < 1.29 is 8.85 Å². The number of hydrogen-bond donors (Lipinski definition) is 0. The number of anilines is 4. The van der Waals surface area contributed by atoms with Gasteiger partial charge in [0.25, 0.3) is 0 Å². The number of benzene rings is 9. The number of pyridine rings is 1. The first-order chi connectivity index (χ1) is 33.5. The van der Waals surface area contributed by atoms with Crippen LogP contribution in [0.5, 0.6) is 11.5 Å². The van der Waals surface area contributed by atoms with Crippen molar-refractivity contribution in [2.24, 2.45) is 0 Å². The molecule has 3 heterocycles. The summed E-state index contributed by atoms with van der Waals surface area (Å²) in [5.74, 6) is 1.49. The van der Waals surface area contributed by atoms with E-state index in [0.29, 0.717) is 29.3 Å². The lowest BCUT2D eigenvalue weighted by molar-refractivity contribution is 0.483. The van der Waals surface area contributed by atoms with Gasteiger partial charge in [0.05, 0.1) is 32.2 Å². The maximum Gasteiger partial charge on any atom is 0.137 e. The molecular formula is C60H42N4O. The molecule has 0 spiro atoms. The van der Waals surface area contributed by atoms with Crippen molar-refractivity contribution in [3.63, 3.8) is 0 Å². The number of hydrogen-bond acceptors (Lipinski definition) is 4. The Morgan fingerprint density at radius 3 is 1.68 bits per heavy atom. The van der Waals surface area contributed by atoms with Gasteiger partial charge in [0.1, 0.15) is 24.0 Å². The molecule has 2 aromatic heterocycles. The summed E-state index contributed by atoms with van der Waals surface area (Å²) in [7, 11) is 0. The topological polar surface area (TPSA) is 33.5 Å². The van der Waals surface area contributed by atoms with E-state index in [2.05, 4.69) is 125 Å². The molecule has 65 heavy (non-hydrogen) atoms. The molecule has 5 nitrogen and oxygen atoms in total. The Labute approximate surface area is 382 Å². The quantitative estimate of drug-likeness (QED) is 0.145. The smallest absolute Gasteiger partial charge is 0.137 e. The zero-order valence-electron chi connectivity index (χ0n) is 38.3. The van der Waals surface area contributed by atoms with E-state index in [1.54, 1.807) is 0 Å². The Bertz CT molecular complexity index is 3620. The van der Waals surface area contributed by atoms with Gasteiger partial charge in [0.2, 0.25) is 0 Å². The number of fused-ring (bicyclic) bond motifs is 4. The molecule has 11 aromatic rings. The molecule has 0 amide bonds. The van der Waals surface area contributed by atoms with Crippen molar-refractivity contribution in [2.45, 2.75) is 0 Å². The van der Waals surface area contributed by atoms with E-state index in [1.807, 2.05) is 114 Å². The molecule has 0 unspecified atom stereocenters. The van der Waals surface area contributed by atoms with Crippen LogP contribution in [0.15, 0.2) is 243 Å². The van der Waals surface area contributed by atoms with E-state index in [9.17, 15) is 2.74 Å². The zero-order chi connectivity index (χ0) is 45.7. The first kappa shape index (κ1) is 34.9. The highest BCUT2D eigenvalue weighted by atomic mass is 16.5. The van der Waals surface area contributed by atoms with Crippen molar-refractivity contribution in [1.29, 1.82) is 0 Å². The highest BCUT2D eigenvalue weighted by Crippen LogP contribution is 2.50. The SMILES string of the molecule is [2H]c1nc(-n2c3ccccc3c3ccc(Oc4cccc(N5CN(c6c(-c7ccccc7)cccc6-c6ccccc6)c6ccccc65)c4)cc32)c([2H])c([2H])c1-c1ccc(-c2ccccc2)cc1. The summed E-state index contributed by atoms with van der Waals surface area (Å²) in [6, 6.07) is 76.2. The van der Waals surface area contributed by atoms with Crippen LogP contribution in [0.1, 0.15) is 4.11 Å². The van der Waals surface area contributed by atoms with E-state index in [0.717, 1.165) is 77.9 Å². The molecule has 308 valence electrons. The van der Waals surface area contributed by atoms with E-state index < -0.39 is 0 Å². The third-order valence-corrected chi connectivity index (χ3v) is 12.3. The second-order valence-electron chi connectivity index (χ2n) is 16.2. The van der Waals surface area contributed by atoms with Crippen molar-refractivity contribution >= 4 is 44.6 Å². The van der Waals surface area contributed by atoms with Crippen LogP contribution in [-0.2, 0) is 0 Å². The third kappa shape index (κ3) is 6.96. The minimum absolute atomic E-state index is 0.0514. The lowest BCUT2D eigenvalue weighted by Crippen LogP contribution is -2.24. The molecule has 0 saturated heterocycles. The summed E-state index contributed by atoms with van der Waals surface area (Å²) in [4.78, 5) is 9.52. The first-order valence-electron chi connectivity index (χ1n) is 23.3. The molecule has 1 aliphatic heterocycles. The van der Waals surface area contributed by atoms with Crippen molar-refractivity contribution in [2.75, 3.05) is 16.5 Å². The van der Waals surface area contributed by atoms with Gasteiger partial charge in [-0.2, -0.15) is 0 Å². The molecule has 9 aromatic carbocycles. The monoisotopic (exact) mass is 837 g/mol. The predicted molar refractivity (Wildman–Crippen MR) is 269 cm³/mol. The summed E-state index contributed by atoms with van der Waals surface area (Å²) in [5.41, 5.74) is 13.6. The summed E-state index contributed by atoms with van der Waals surface area (Å²) in [6.45, 7) is 0.578. The predicted octanol–water partition coefficient (Wildman–Crippen LogP) is 15.9. The van der Waals surface area contributed by atoms with Gasteiger partial charge in [-0.3, -0.25) is 4.57 Å². The number of para-hydroxylation sites is 4. The Hall–Kier alpha value is -8.67. The van der Waals surface area contributed by atoms with Crippen LogP contribution in [0.2, 0.25) is 0 Å². The number of ether oxygens (including phenoxy) is 1. The molecule has 1 aliphatic rings. The van der Waals surface area contributed by atoms with Crippen LogP contribution < -0.4 is 14.5 Å². The van der Waals surface area contributed by atoms with Crippen LogP contribution in [0.4, 0.5) is 22.7 Å². The maximum atomic E-state index is 9.36. The van der Waals surface area contributed by atoms with Gasteiger partial charge in [0.15, 0.2) is 0 Å². The fourth-order valence-corrected chi connectivity index (χ4v) is 9.24. The van der Waals surface area contributed by atoms with Gasteiger partial charge in [-0.1, -0.05) is 170 Å². The molecule has 0 aliphatic carbocycles. The van der Waals surface area contributed by atoms with Crippen molar-refractivity contribution in [3.05, 3.63) is 243 Å². The fraction of sp³-hybridized carbons (Fsp3) is 0.0167. The van der Waals surface area contributed by atoms with Crippen LogP contribution in [-0.4, -0.2) is 16.2 Å². The Kier molecular flexibility index (Phi) is 8.70. The number of nitrogens with zero attached hydrogens (tertiary/aromatic N) is 4. The molecule has 0 bridgehead atoms. The molecule has 0 atom stereocenters. The van der Waals surface area contributed by atoms with Gasteiger partial charge in [0, 0.05) is 51.5 Å². The van der Waals surface area contributed by atoms with Crippen LogP contribution in [0.25, 0.3) is 72.1 Å². The largest absolute Gasteiger partial charge is 0.457 e. The summed E-state index contributed by atoms with van der Waals surface area (Å²) in [5, 5.41) is 1.92. The standard InChI is InChI=1S/C60H42N4O/c1-4-16-42(17-5-1)43-30-32-44(33-31-43)47-34-37-59(61-40-47)64-55-27-11-10-24-53(55)54-36-35-50(39-58(54)64)65-49-23-14-22-48(38-49)62-41-63(57-29-13-12-28-56(57)62)60-51(45-18-6-2-7-19-45)25-15-26-52(60)46-20-8-3-9-21-46/h1-40H,41H2/i34D,37D,40D. The van der Waals surface area contributed by atoms with E-state index >= 15 is 0 Å². The molecule has 0 radical (unpaired) electrons. The van der Waals surface area contributed by atoms with Crippen LogP contribution >= 0.6 is 0 Å². The molecule has 0 fully saturated rings. The van der Waals surface area contributed by atoms with E-state index in [1.165, 1.54) is 0 Å². The number of rotatable bonds is 9. The Morgan fingerprint density at radius 2 is 0.969 bits per heavy atom. The van der Waals surface area contributed by atoms with Crippen molar-refractivity contribution in [1.82, 2.24) is 9.55 Å². The zero-order valence-corrected chi connectivity index (χ0v) is 35.3. The lowest BCUT2D eigenvalue weighted by Gasteiger charge is -2.27. The second-order valence-corrected chi connectivity index (χ2v) is 16.2. The fourth-order valence-electron chi connectivity index (χ4n) is 9.24. The maximum absolute atomic E-state index is 9.36. The first-order valence-corrected chi connectivity index (χ1v) is 21.8. The molecule has 0 saturated carbocycles. The highest BCUT2D eigenvalue weighted by Gasteiger charge is 2.31. The van der Waals surface area contributed by atoms with Crippen LogP contribution in [0, 0.1) is 0 Å². The minimum atomic E-state index is -0.0643. The van der Waals surface area contributed by atoms with E-state index in [-0.39, 0.29) is 24.1 Å². The molecular weight excluding hydrogens is 793 g/mol. The van der Waals surface area contributed by atoms with Gasteiger partial charge >= 0.3 is 0 Å².